The molecule has 0 aliphatic carbocycles. The number of rotatable bonds is 5. The van der Waals surface area contributed by atoms with Crippen LogP contribution in [0.15, 0.2) is 35.2 Å². The van der Waals surface area contributed by atoms with Gasteiger partial charge in [-0.2, -0.15) is 9.29 Å². The van der Waals surface area contributed by atoms with Crippen molar-refractivity contribution in [2.75, 3.05) is 13.1 Å². The standard InChI is InChI=1S/C19H25N3O3S/c1-4-16-5-7-18(8-6-16)26(23,24)22-11-9-17(10-12-22)25-19-13-14(2)20-15(3)21-19/h5-8,13,17H,4,9-12H2,1-3H3. The molecule has 0 spiro atoms. The molecule has 2 aromatic rings. The maximum atomic E-state index is 12.8. The van der Waals surface area contributed by atoms with Crippen LogP contribution in [0.5, 0.6) is 5.88 Å². The zero-order valence-corrected chi connectivity index (χ0v) is 16.3. The fraction of sp³-hybridized carbons (Fsp3) is 0.474. The summed E-state index contributed by atoms with van der Waals surface area (Å²) >= 11 is 0. The number of sulfonamides is 1. The van der Waals surface area contributed by atoms with Crippen LogP contribution in [0.4, 0.5) is 0 Å². The monoisotopic (exact) mass is 375 g/mol. The molecule has 0 N–H and O–H groups in total. The van der Waals surface area contributed by atoms with E-state index in [2.05, 4.69) is 16.9 Å². The van der Waals surface area contributed by atoms with Gasteiger partial charge in [0, 0.05) is 24.8 Å². The number of hydrogen-bond acceptors (Lipinski definition) is 5. The summed E-state index contributed by atoms with van der Waals surface area (Å²) in [6, 6.07) is 8.96. The zero-order valence-electron chi connectivity index (χ0n) is 15.5. The van der Waals surface area contributed by atoms with Gasteiger partial charge < -0.3 is 4.74 Å². The Hall–Kier alpha value is -1.99. The van der Waals surface area contributed by atoms with Crippen molar-refractivity contribution in [3.05, 3.63) is 47.4 Å². The predicted octanol–water partition coefficient (Wildman–Crippen LogP) is 2.89. The van der Waals surface area contributed by atoms with Crippen molar-refractivity contribution in [1.82, 2.24) is 14.3 Å². The quantitative estimate of drug-likeness (QED) is 0.803. The molecule has 1 fully saturated rings. The number of piperidine rings is 1. The summed E-state index contributed by atoms with van der Waals surface area (Å²) < 4.78 is 33.1. The van der Waals surface area contributed by atoms with Crippen molar-refractivity contribution in [1.29, 1.82) is 0 Å². The first-order valence-electron chi connectivity index (χ1n) is 8.96. The third-order valence-corrected chi connectivity index (χ3v) is 6.51. The van der Waals surface area contributed by atoms with Gasteiger partial charge in [-0.1, -0.05) is 19.1 Å². The minimum absolute atomic E-state index is 0.0300. The Labute approximate surface area is 155 Å². The molecule has 0 amide bonds. The van der Waals surface area contributed by atoms with Crippen LogP contribution in [-0.2, 0) is 16.4 Å². The molecular weight excluding hydrogens is 350 g/mol. The van der Waals surface area contributed by atoms with Crippen LogP contribution < -0.4 is 4.74 Å². The lowest BCUT2D eigenvalue weighted by atomic mass is 10.1. The van der Waals surface area contributed by atoms with E-state index in [4.69, 9.17) is 4.74 Å². The lowest BCUT2D eigenvalue weighted by Crippen LogP contribution is -2.41. The molecule has 1 aromatic carbocycles. The van der Waals surface area contributed by atoms with E-state index in [1.807, 2.05) is 32.0 Å². The number of ether oxygens (including phenoxy) is 1. The summed E-state index contributed by atoms with van der Waals surface area (Å²) in [5, 5.41) is 0. The number of aromatic nitrogens is 2. The van der Waals surface area contributed by atoms with Gasteiger partial charge >= 0.3 is 0 Å². The lowest BCUT2D eigenvalue weighted by molar-refractivity contribution is 0.129. The molecule has 2 heterocycles. The van der Waals surface area contributed by atoms with Gasteiger partial charge in [-0.15, -0.1) is 0 Å². The molecule has 3 rings (SSSR count). The first-order chi connectivity index (χ1) is 12.4. The van der Waals surface area contributed by atoms with Gasteiger partial charge in [0.15, 0.2) is 0 Å². The third kappa shape index (κ3) is 4.22. The second-order valence-corrected chi connectivity index (χ2v) is 8.55. The van der Waals surface area contributed by atoms with E-state index in [1.54, 1.807) is 16.4 Å². The number of benzene rings is 1. The van der Waals surface area contributed by atoms with Crippen molar-refractivity contribution in [3.8, 4) is 5.88 Å². The average Bonchev–Trinajstić information content (AvgIpc) is 2.61. The molecule has 6 nitrogen and oxygen atoms in total. The Morgan fingerprint density at radius 1 is 1.12 bits per heavy atom. The second-order valence-electron chi connectivity index (χ2n) is 6.61. The molecule has 0 bridgehead atoms. The Bertz CT molecular complexity index is 838. The second kappa shape index (κ2) is 7.72. The van der Waals surface area contributed by atoms with E-state index in [-0.39, 0.29) is 6.10 Å². The van der Waals surface area contributed by atoms with E-state index in [9.17, 15) is 8.42 Å². The van der Waals surface area contributed by atoms with Crippen LogP contribution in [-0.4, -0.2) is 41.9 Å². The van der Waals surface area contributed by atoms with Crippen LogP contribution in [0.25, 0.3) is 0 Å². The highest BCUT2D eigenvalue weighted by Gasteiger charge is 2.30. The highest BCUT2D eigenvalue weighted by Crippen LogP contribution is 2.23. The van der Waals surface area contributed by atoms with Crippen LogP contribution in [0, 0.1) is 13.8 Å². The van der Waals surface area contributed by atoms with Crippen LogP contribution in [0.3, 0.4) is 0 Å². The first-order valence-corrected chi connectivity index (χ1v) is 10.4. The average molecular weight is 375 g/mol. The van der Waals surface area contributed by atoms with Gasteiger partial charge in [-0.05, 0) is 50.8 Å². The fourth-order valence-electron chi connectivity index (χ4n) is 3.15. The summed E-state index contributed by atoms with van der Waals surface area (Å²) in [5.74, 6) is 1.24. The van der Waals surface area contributed by atoms with Gasteiger partial charge in [-0.25, -0.2) is 13.4 Å². The Morgan fingerprint density at radius 2 is 1.77 bits per heavy atom. The summed E-state index contributed by atoms with van der Waals surface area (Å²) in [5.41, 5.74) is 1.99. The molecule has 1 aromatic heterocycles. The number of aryl methyl sites for hydroxylation is 3. The van der Waals surface area contributed by atoms with Crippen molar-refractivity contribution < 1.29 is 13.2 Å². The van der Waals surface area contributed by atoms with E-state index in [0.717, 1.165) is 17.7 Å². The molecule has 0 atom stereocenters. The minimum Gasteiger partial charge on any atom is -0.474 e. The largest absolute Gasteiger partial charge is 0.474 e. The highest BCUT2D eigenvalue weighted by atomic mass is 32.2. The topological polar surface area (TPSA) is 72.4 Å². The Balaban J connectivity index is 1.63. The van der Waals surface area contributed by atoms with Crippen LogP contribution in [0.2, 0.25) is 0 Å². The molecule has 1 saturated heterocycles. The fourth-order valence-corrected chi connectivity index (χ4v) is 4.62. The van der Waals surface area contributed by atoms with Gasteiger partial charge in [0.05, 0.1) is 4.90 Å². The third-order valence-electron chi connectivity index (χ3n) is 4.60. The predicted molar refractivity (Wildman–Crippen MR) is 99.7 cm³/mol. The lowest BCUT2D eigenvalue weighted by Gasteiger charge is -2.31. The van der Waals surface area contributed by atoms with Crippen molar-refractivity contribution in [2.24, 2.45) is 0 Å². The molecule has 0 radical (unpaired) electrons. The molecule has 140 valence electrons. The van der Waals surface area contributed by atoms with E-state index >= 15 is 0 Å². The molecule has 0 saturated carbocycles. The molecule has 26 heavy (non-hydrogen) atoms. The summed E-state index contributed by atoms with van der Waals surface area (Å²) in [6.07, 6.45) is 2.16. The first kappa shape index (κ1) is 18.8. The van der Waals surface area contributed by atoms with Crippen LogP contribution >= 0.6 is 0 Å². The SMILES string of the molecule is CCc1ccc(S(=O)(=O)N2CCC(Oc3cc(C)nc(C)n3)CC2)cc1. The molecule has 1 aliphatic rings. The normalized spacial score (nSPS) is 16.6. The minimum atomic E-state index is -3.44. The smallest absolute Gasteiger partial charge is 0.243 e. The molecule has 1 aliphatic heterocycles. The Morgan fingerprint density at radius 3 is 2.35 bits per heavy atom. The maximum absolute atomic E-state index is 12.8. The van der Waals surface area contributed by atoms with Gasteiger partial charge in [-0.3, -0.25) is 0 Å². The molecule has 0 unspecified atom stereocenters. The van der Waals surface area contributed by atoms with Gasteiger partial charge in [0.25, 0.3) is 0 Å². The van der Waals surface area contributed by atoms with Crippen molar-refractivity contribution in [2.45, 2.75) is 51.0 Å². The van der Waals surface area contributed by atoms with Crippen LogP contribution in [0.1, 0.15) is 36.8 Å². The summed E-state index contributed by atoms with van der Waals surface area (Å²) in [6.45, 7) is 6.69. The Kier molecular flexibility index (Phi) is 5.58. The number of nitrogens with zero attached hydrogens (tertiary/aromatic N) is 3. The summed E-state index contributed by atoms with van der Waals surface area (Å²) in [4.78, 5) is 8.89. The molecular formula is C19H25N3O3S. The van der Waals surface area contributed by atoms with E-state index in [0.29, 0.717) is 42.5 Å². The highest BCUT2D eigenvalue weighted by molar-refractivity contribution is 7.89. The van der Waals surface area contributed by atoms with E-state index < -0.39 is 10.0 Å². The van der Waals surface area contributed by atoms with Crippen molar-refractivity contribution >= 4 is 10.0 Å². The van der Waals surface area contributed by atoms with E-state index in [1.165, 1.54) is 0 Å². The summed E-state index contributed by atoms with van der Waals surface area (Å²) in [7, 11) is -3.44. The molecule has 7 heteroatoms. The maximum Gasteiger partial charge on any atom is 0.243 e. The zero-order chi connectivity index (χ0) is 18.7. The van der Waals surface area contributed by atoms with Crippen molar-refractivity contribution in [3.63, 3.8) is 0 Å². The van der Waals surface area contributed by atoms with Gasteiger partial charge in [0.2, 0.25) is 15.9 Å². The number of hydrogen-bond donors (Lipinski definition) is 0. The van der Waals surface area contributed by atoms with Gasteiger partial charge in [0.1, 0.15) is 11.9 Å².